The molecule has 4 heteroatoms. The van der Waals surface area contributed by atoms with Crippen LogP contribution in [0.4, 0.5) is 0 Å². The standard InChI is InChI=1S/C11H9IO2S/c1-8-7-10(12)11(15(8,13)14)9-5-3-2-4-6-9/h2-6H,1,7H2. The van der Waals surface area contributed by atoms with Gasteiger partial charge in [-0.15, -0.1) is 0 Å². The zero-order chi connectivity index (χ0) is 11.1. The van der Waals surface area contributed by atoms with E-state index in [4.69, 9.17) is 0 Å². The summed E-state index contributed by atoms with van der Waals surface area (Å²) in [4.78, 5) is 0.722. The predicted molar refractivity (Wildman–Crippen MR) is 70.1 cm³/mol. The Bertz CT molecular complexity index is 541. The van der Waals surface area contributed by atoms with Crippen molar-refractivity contribution in [2.24, 2.45) is 0 Å². The highest BCUT2D eigenvalue weighted by atomic mass is 127. The second-order valence-corrected chi connectivity index (χ2v) is 6.61. The molecule has 1 aromatic carbocycles. The van der Waals surface area contributed by atoms with Gasteiger partial charge in [0.25, 0.3) is 0 Å². The molecule has 0 saturated heterocycles. The lowest BCUT2D eigenvalue weighted by atomic mass is 10.2. The molecule has 78 valence electrons. The number of hydrogen-bond acceptors (Lipinski definition) is 2. The Hall–Kier alpha value is -0.620. The fourth-order valence-electron chi connectivity index (χ4n) is 1.54. The molecule has 0 aliphatic carbocycles. The van der Waals surface area contributed by atoms with Gasteiger partial charge in [-0.25, -0.2) is 8.42 Å². The molecule has 0 N–H and O–H groups in total. The topological polar surface area (TPSA) is 34.1 Å². The first kappa shape index (κ1) is 10.9. The maximum absolute atomic E-state index is 11.9. The fraction of sp³-hybridized carbons (Fsp3) is 0.0909. The van der Waals surface area contributed by atoms with Gasteiger partial charge in [-0.05, 0) is 28.2 Å². The molecule has 0 amide bonds. The Balaban J connectivity index is 2.65. The number of hydrogen-bond donors (Lipinski definition) is 0. The maximum atomic E-state index is 11.9. The fourth-order valence-corrected chi connectivity index (χ4v) is 4.87. The highest BCUT2D eigenvalue weighted by Gasteiger charge is 2.32. The molecule has 1 aliphatic rings. The summed E-state index contributed by atoms with van der Waals surface area (Å²) in [5.74, 6) is 0. The molecule has 2 nitrogen and oxygen atoms in total. The van der Waals surface area contributed by atoms with Crippen molar-refractivity contribution in [2.45, 2.75) is 6.42 Å². The Morgan fingerprint density at radius 3 is 2.27 bits per heavy atom. The second kappa shape index (κ2) is 3.75. The number of benzene rings is 1. The number of allylic oxidation sites excluding steroid dienone is 2. The van der Waals surface area contributed by atoms with Gasteiger partial charge in [0, 0.05) is 14.9 Å². The van der Waals surface area contributed by atoms with Crippen LogP contribution in [0.15, 0.2) is 45.4 Å². The van der Waals surface area contributed by atoms with Crippen molar-refractivity contribution in [2.75, 3.05) is 0 Å². The van der Waals surface area contributed by atoms with Crippen LogP contribution in [-0.4, -0.2) is 8.42 Å². The van der Waals surface area contributed by atoms with E-state index in [0.717, 1.165) is 9.14 Å². The Morgan fingerprint density at radius 2 is 1.80 bits per heavy atom. The van der Waals surface area contributed by atoms with Crippen molar-refractivity contribution in [3.05, 3.63) is 51.0 Å². The SMILES string of the molecule is C=C1CC(I)=C(c2ccccc2)S1(=O)=O. The zero-order valence-corrected chi connectivity index (χ0v) is 10.9. The molecule has 0 unspecified atom stereocenters. The van der Waals surface area contributed by atoms with Crippen LogP contribution in [0.2, 0.25) is 0 Å². The zero-order valence-electron chi connectivity index (χ0n) is 7.90. The van der Waals surface area contributed by atoms with E-state index >= 15 is 0 Å². The molecular formula is C11H9IO2S. The van der Waals surface area contributed by atoms with Crippen molar-refractivity contribution >= 4 is 37.3 Å². The lowest BCUT2D eigenvalue weighted by molar-refractivity contribution is 0.612. The van der Waals surface area contributed by atoms with Crippen LogP contribution in [0, 0.1) is 0 Å². The number of sulfone groups is 1. The van der Waals surface area contributed by atoms with Crippen LogP contribution in [-0.2, 0) is 9.84 Å². The summed E-state index contributed by atoms with van der Waals surface area (Å²) in [5.41, 5.74) is 0.751. The highest BCUT2D eigenvalue weighted by Crippen LogP contribution is 2.42. The minimum absolute atomic E-state index is 0.297. The minimum Gasteiger partial charge on any atom is -0.219 e. The Kier molecular flexibility index (Phi) is 2.72. The van der Waals surface area contributed by atoms with Crippen LogP contribution in [0.3, 0.4) is 0 Å². The molecule has 0 bridgehead atoms. The monoisotopic (exact) mass is 332 g/mol. The van der Waals surface area contributed by atoms with E-state index in [9.17, 15) is 8.42 Å². The number of rotatable bonds is 1. The lowest BCUT2D eigenvalue weighted by Crippen LogP contribution is -1.99. The summed E-state index contributed by atoms with van der Waals surface area (Å²) >= 11 is 2.08. The lowest BCUT2D eigenvalue weighted by Gasteiger charge is -2.03. The number of halogens is 1. The summed E-state index contributed by atoms with van der Waals surface area (Å²) in [6.07, 6.45) is 0.452. The van der Waals surface area contributed by atoms with Gasteiger partial charge in [0.1, 0.15) is 0 Å². The van der Waals surface area contributed by atoms with Crippen LogP contribution in [0.5, 0.6) is 0 Å². The predicted octanol–water partition coefficient (Wildman–Crippen LogP) is 3.12. The van der Waals surface area contributed by atoms with E-state index in [0.29, 0.717) is 16.2 Å². The largest absolute Gasteiger partial charge is 0.219 e. The van der Waals surface area contributed by atoms with Gasteiger partial charge in [0.2, 0.25) is 9.84 Å². The molecule has 0 atom stereocenters. The molecule has 15 heavy (non-hydrogen) atoms. The van der Waals surface area contributed by atoms with E-state index in [-0.39, 0.29) is 0 Å². The third-order valence-corrected chi connectivity index (χ3v) is 5.49. The van der Waals surface area contributed by atoms with Crippen molar-refractivity contribution in [1.82, 2.24) is 0 Å². The first-order valence-corrected chi connectivity index (χ1v) is 6.96. The van der Waals surface area contributed by atoms with Crippen LogP contribution >= 0.6 is 22.6 Å². The first-order valence-electron chi connectivity index (χ1n) is 4.40. The molecule has 0 spiro atoms. The van der Waals surface area contributed by atoms with Gasteiger partial charge in [-0.1, -0.05) is 36.9 Å². The Labute approximate surface area is 103 Å². The summed E-state index contributed by atoms with van der Waals surface area (Å²) in [5, 5.41) is 0. The summed E-state index contributed by atoms with van der Waals surface area (Å²) in [7, 11) is -3.29. The average molecular weight is 332 g/mol. The average Bonchev–Trinajstić information content (AvgIpc) is 2.37. The third kappa shape index (κ3) is 1.76. The van der Waals surface area contributed by atoms with E-state index in [1.165, 1.54) is 0 Å². The van der Waals surface area contributed by atoms with Gasteiger partial charge >= 0.3 is 0 Å². The van der Waals surface area contributed by atoms with Crippen molar-refractivity contribution in [3.63, 3.8) is 0 Å². The van der Waals surface area contributed by atoms with Crippen LogP contribution in [0.1, 0.15) is 12.0 Å². The molecule has 1 heterocycles. The van der Waals surface area contributed by atoms with Gasteiger partial charge < -0.3 is 0 Å². The first-order chi connectivity index (χ1) is 7.03. The molecular weight excluding hydrogens is 323 g/mol. The molecule has 0 aromatic heterocycles. The molecule has 0 fully saturated rings. The minimum atomic E-state index is -3.29. The maximum Gasteiger partial charge on any atom is 0.203 e. The smallest absolute Gasteiger partial charge is 0.203 e. The van der Waals surface area contributed by atoms with Gasteiger partial charge in [0.15, 0.2) is 0 Å². The molecule has 0 radical (unpaired) electrons. The van der Waals surface area contributed by atoms with E-state index in [1.54, 1.807) is 0 Å². The summed E-state index contributed by atoms with van der Waals surface area (Å²) in [6, 6.07) is 9.16. The van der Waals surface area contributed by atoms with Gasteiger partial charge in [0.05, 0.1) is 4.91 Å². The molecule has 1 aromatic rings. The quantitative estimate of drug-likeness (QED) is 0.741. The van der Waals surface area contributed by atoms with Crippen molar-refractivity contribution < 1.29 is 8.42 Å². The van der Waals surface area contributed by atoms with E-state index in [1.807, 2.05) is 30.3 Å². The van der Waals surface area contributed by atoms with Gasteiger partial charge in [-0.3, -0.25) is 0 Å². The van der Waals surface area contributed by atoms with Crippen LogP contribution in [0.25, 0.3) is 4.91 Å². The summed E-state index contributed by atoms with van der Waals surface area (Å²) < 4.78 is 24.7. The third-order valence-electron chi connectivity index (χ3n) is 2.28. The van der Waals surface area contributed by atoms with Crippen LogP contribution < -0.4 is 0 Å². The molecule has 2 rings (SSSR count). The van der Waals surface area contributed by atoms with E-state index in [2.05, 4.69) is 29.2 Å². The van der Waals surface area contributed by atoms with E-state index < -0.39 is 9.84 Å². The normalized spacial score (nSPS) is 19.7. The van der Waals surface area contributed by atoms with Crippen molar-refractivity contribution in [1.29, 1.82) is 0 Å². The Morgan fingerprint density at radius 1 is 1.20 bits per heavy atom. The second-order valence-electron chi connectivity index (χ2n) is 3.32. The molecule has 0 saturated carbocycles. The van der Waals surface area contributed by atoms with Gasteiger partial charge in [-0.2, -0.15) is 0 Å². The van der Waals surface area contributed by atoms with Crippen molar-refractivity contribution in [3.8, 4) is 0 Å². The summed E-state index contributed by atoms with van der Waals surface area (Å²) in [6.45, 7) is 3.60. The highest BCUT2D eigenvalue weighted by molar-refractivity contribution is 14.1. The molecule has 1 aliphatic heterocycles.